The minimum absolute atomic E-state index is 0.0369. The molecule has 11 nitrogen and oxygen atoms in total. The molecule has 0 aromatic heterocycles. The molecule has 2 aromatic rings. The third kappa shape index (κ3) is 7.36. The molecular formula is C25H28N4O7S. The number of amides is 2. The Morgan fingerprint density at radius 1 is 1.11 bits per heavy atom. The van der Waals surface area contributed by atoms with Crippen LogP contribution in [0.2, 0.25) is 0 Å². The zero-order chi connectivity index (χ0) is 27.0. The number of carbonyl (C=O) groups excluding carboxylic acids is 3. The van der Waals surface area contributed by atoms with Crippen LogP contribution in [0.25, 0.3) is 0 Å². The molecule has 12 heteroatoms. The summed E-state index contributed by atoms with van der Waals surface area (Å²) in [7, 11) is -3.81. The first-order valence-electron chi connectivity index (χ1n) is 11.6. The zero-order valence-corrected chi connectivity index (χ0v) is 21.3. The number of nitriles is 1. The third-order valence-electron chi connectivity index (χ3n) is 5.55. The Labute approximate surface area is 215 Å². The average molecular weight is 529 g/mol. The van der Waals surface area contributed by atoms with Crippen LogP contribution >= 0.6 is 0 Å². The van der Waals surface area contributed by atoms with Gasteiger partial charge in [0.05, 0.1) is 29.7 Å². The summed E-state index contributed by atoms with van der Waals surface area (Å²) >= 11 is 0. The van der Waals surface area contributed by atoms with Crippen molar-refractivity contribution in [3.05, 3.63) is 59.7 Å². The molecule has 1 unspecified atom stereocenters. The largest absolute Gasteiger partial charge is 0.454 e. The quantitative estimate of drug-likeness (QED) is 0.464. The maximum atomic E-state index is 12.9. The lowest BCUT2D eigenvalue weighted by atomic mass is 10.0. The van der Waals surface area contributed by atoms with Crippen LogP contribution in [0.1, 0.15) is 29.8 Å². The highest BCUT2D eigenvalue weighted by Crippen LogP contribution is 2.19. The minimum atomic E-state index is -3.81. The second kappa shape index (κ2) is 12.4. The van der Waals surface area contributed by atoms with E-state index in [1.807, 2.05) is 6.07 Å². The van der Waals surface area contributed by atoms with Crippen molar-refractivity contribution in [2.24, 2.45) is 5.92 Å². The molecule has 0 aliphatic carbocycles. The van der Waals surface area contributed by atoms with Gasteiger partial charge in [-0.15, -0.1) is 0 Å². The lowest BCUT2D eigenvalue weighted by Gasteiger charge is -2.26. The van der Waals surface area contributed by atoms with Gasteiger partial charge in [-0.25, -0.2) is 13.2 Å². The number of carbonyl (C=O) groups is 3. The zero-order valence-electron chi connectivity index (χ0n) is 20.5. The fourth-order valence-corrected chi connectivity index (χ4v) is 4.96. The molecule has 2 amide bonds. The number of anilines is 1. The molecular weight excluding hydrogens is 500 g/mol. The smallest absolute Gasteiger partial charge is 0.329 e. The summed E-state index contributed by atoms with van der Waals surface area (Å²) in [6.45, 7) is 3.85. The van der Waals surface area contributed by atoms with Gasteiger partial charge in [-0.3, -0.25) is 9.59 Å². The number of ether oxygens (including phenoxy) is 2. The summed E-state index contributed by atoms with van der Waals surface area (Å²) in [5.41, 5.74) is 0.927. The molecule has 0 spiro atoms. The van der Waals surface area contributed by atoms with Crippen LogP contribution in [0.3, 0.4) is 0 Å². The van der Waals surface area contributed by atoms with Crippen LogP contribution in [0.4, 0.5) is 5.69 Å². The van der Waals surface area contributed by atoms with E-state index >= 15 is 0 Å². The summed E-state index contributed by atoms with van der Waals surface area (Å²) < 4.78 is 37.5. The van der Waals surface area contributed by atoms with E-state index in [2.05, 4.69) is 10.6 Å². The summed E-state index contributed by atoms with van der Waals surface area (Å²) in [5.74, 6) is -2.43. The number of benzene rings is 2. The van der Waals surface area contributed by atoms with E-state index in [0.29, 0.717) is 24.5 Å². The van der Waals surface area contributed by atoms with Crippen molar-refractivity contribution in [1.29, 1.82) is 5.26 Å². The lowest BCUT2D eigenvalue weighted by molar-refractivity contribution is -0.150. The topological polar surface area (TPSA) is 155 Å². The molecule has 0 bridgehead atoms. The highest BCUT2D eigenvalue weighted by molar-refractivity contribution is 7.89. The van der Waals surface area contributed by atoms with Crippen molar-refractivity contribution in [2.45, 2.75) is 24.8 Å². The van der Waals surface area contributed by atoms with Gasteiger partial charge in [-0.05, 0) is 48.4 Å². The second-order valence-electron chi connectivity index (χ2n) is 8.58. The third-order valence-corrected chi connectivity index (χ3v) is 7.45. The Hall–Kier alpha value is -3.79. The maximum Gasteiger partial charge on any atom is 0.329 e. The fraction of sp³-hybridized carbons (Fsp3) is 0.360. The first kappa shape index (κ1) is 27.8. The van der Waals surface area contributed by atoms with Crippen LogP contribution in [0, 0.1) is 17.2 Å². The van der Waals surface area contributed by atoms with E-state index in [1.54, 1.807) is 26.0 Å². The van der Waals surface area contributed by atoms with E-state index < -0.39 is 40.5 Å². The Morgan fingerprint density at radius 3 is 2.41 bits per heavy atom. The monoisotopic (exact) mass is 528 g/mol. The minimum Gasteiger partial charge on any atom is -0.454 e. The Bertz CT molecular complexity index is 1280. The van der Waals surface area contributed by atoms with Gasteiger partial charge in [0, 0.05) is 24.3 Å². The molecule has 3 rings (SSSR count). The van der Waals surface area contributed by atoms with Crippen LogP contribution in [0.15, 0.2) is 53.4 Å². The van der Waals surface area contributed by atoms with Gasteiger partial charge in [0.15, 0.2) is 6.61 Å². The normalized spacial score (nSPS) is 14.9. The van der Waals surface area contributed by atoms with Gasteiger partial charge in [-0.2, -0.15) is 9.57 Å². The number of morpholine rings is 1. The molecule has 1 aliphatic rings. The van der Waals surface area contributed by atoms with Gasteiger partial charge >= 0.3 is 5.97 Å². The Balaban J connectivity index is 1.62. The van der Waals surface area contributed by atoms with Crippen molar-refractivity contribution in [3.63, 3.8) is 0 Å². The highest BCUT2D eigenvalue weighted by Gasteiger charge is 2.29. The van der Waals surface area contributed by atoms with Gasteiger partial charge in [0.2, 0.25) is 10.0 Å². The number of nitrogens with one attached hydrogen (secondary N) is 2. The predicted octanol–water partition coefficient (Wildman–Crippen LogP) is 1.52. The van der Waals surface area contributed by atoms with E-state index in [4.69, 9.17) is 14.7 Å². The predicted molar refractivity (Wildman–Crippen MR) is 133 cm³/mol. The number of nitrogens with zero attached hydrogens (tertiary/aromatic N) is 2. The summed E-state index contributed by atoms with van der Waals surface area (Å²) in [6, 6.07) is 12.6. The maximum absolute atomic E-state index is 12.9. The van der Waals surface area contributed by atoms with Gasteiger partial charge in [-0.1, -0.05) is 19.9 Å². The molecule has 0 radical (unpaired) electrons. The van der Waals surface area contributed by atoms with Gasteiger partial charge in [0.1, 0.15) is 6.04 Å². The van der Waals surface area contributed by atoms with Crippen molar-refractivity contribution >= 4 is 33.5 Å². The van der Waals surface area contributed by atoms with Crippen molar-refractivity contribution in [1.82, 2.24) is 9.62 Å². The van der Waals surface area contributed by atoms with E-state index in [0.717, 1.165) is 0 Å². The van der Waals surface area contributed by atoms with Crippen LogP contribution in [-0.2, 0) is 29.1 Å². The average Bonchev–Trinajstić information content (AvgIpc) is 2.91. The van der Waals surface area contributed by atoms with E-state index in [9.17, 15) is 22.8 Å². The molecule has 37 heavy (non-hydrogen) atoms. The summed E-state index contributed by atoms with van der Waals surface area (Å²) in [4.78, 5) is 37.7. The molecule has 2 N–H and O–H groups in total. The van der Waals surface area contributed by atoms with Crippen LogP contribution in [0.5, 0.6) is 0 Å². The van der Waals surface area contributed by atoms with E-state index in [-0.39, 0.29) is 29.5 Å². The molecule has 0 saturated carbocycles. The molecule has 1 aliphatic heterocycles. The SMILES string of the molecule is CC(C)C(NC(=O)c1cccc(S(=O)(=O)N2CCOCC2)c1)C(=O)OCC(=O)Nc1ccc(C#N)cc1. The Kier molecular flexibility index (Phi) is 9.35. The van der Waals surface area contributed by atoms with Crippen LogP contribution < -0.4 is 10.6 Å². The molecule has 1 fully saturated rings. The number of rotatable bonds is 9. The van der Waals surface area contributed by atoms with Gasteiger partial charge < -0.3 is 20.1 Å². The van der Waals surface area contributed by atoms with Gasteiger partial charge in [0.25, 0.3) is 11.8 Å². The number of hydrogen-bond acceptors (Lipinski definition) is 8. The fourth-order valence-electron chi connectivity index (χ4n) is 3.51. The second-order valence-corrected chi connectivity index (χ2v) is 10.5. The first-order chi connectivity index (χ1) is 17.6. The summed E-state index contributed by atoms with van der Waals surface area (Å²) in [6.07, 6.45) is 0. The standard InChI is InChI=1S/C25H28N4O7S/c1-17(2)23(25(32)36-16-22(30)27-20-8-6-18(15-26)7-9-20)28-24(31)19-4-3-5-21(14-19)37(33,34)29-10-12-35-13-11-29/h3-9,14,17,23H,10-13,16H2,1-2H3,(H,27,30)(H,28,31). The number of esters is 1. The van der Waals surface area contributed by atoms with Crippen molar-refractivity contribution in [2.75, 3.05) is 38.2 Å². The summed E-state index contributed by atoms with van der Waals surface area (Å²) in [5, 5.41) is 14.0. The van der Waals surface area contributed by atoms with Crippen molar-refractivity contribution < 1.29 is 32.3 Å². The first-order valence-corrected chi connectivity index (χ1v) is 13.0. The van der Waals surface area contributed by atoms with Crippen LogP contribution in [-0.4, -0.2) is 69.5 Å². The lowest BCUT2D eigenvalue weighted by Crippen LogP contribution is -2.46. The molecule has 1 saturated heterocycles. The molecule has 1 atom stereocenters. The number of sulfonamides is 1. The molecule has 2 aromatic carbocycles. The number of hydrogen-bond donors (Lipinski definition) is 2. The Morgan fingerprint density at radius 2 is 1.78 bits per heavy atom. The molecule has 196 valence electrons. The van der Waals surface area contributed by atoms with Crippen molar-refractivity contribution in [3.8, 4) is 6.07 Å². The molecule has 1 heterocycles. The van der Waals surface area contributed by atoms with E-state index in [1.165, 1.54) is 40.7 Å². The highest BCUT2D eigenvalue weighted by atomic mass is 32.2.